The number of nitrogens with zero attached hydrogens (tertiary/aromatic N) is 1. The molecule has 0 saturated carbocycles. The van der Waals surface area contributed by atoms with Gasteiger partial charge in [0.25, 0.3) is 15.9 Å². The van der Waals surface area contributed by atoms with Crippen molar-refractivity contribution in [3.8, 4) is 0 Å². The van der Waals surface area contributed by atoms with E-state index >= 15 is 0 Å². The molecule has 2 heterocycles. The Morgan fingerprint density at radius 1 is 1.11 bits per heavy atom. The molecule has 0 atom stereocenters. The van der Waals surface area contributed by atoms with Gasteiger partial charge in [0.1, 0.15) is 4.21 Å². The van der Waals surface area contributed by atoms with Crippen molar-refractivity contribution in [1.82, 2.24) is 9.62 Å². The Morgan fingerprint density at radius 3 is 2.36 bits per heavy atom. The summed E-state index contributed by atoms with van der Waals surface area (Å²) in [6, 6.07) is 8.29. The molecule has 1 fully saturated rings. The van der Waals surface area contributed by atoms with E-state index in [1.54, 1.807) is 6.07 Å². The predicted octanol–water partition coefficient (Wildman–Crippen LogP) is 4.07. The minimum Gasteiger partial charge on any atom is -0.347 e. The smallest absolute Gasteiger partial charge is 0.347 e. The Balaban J connectivity index is 1.58. The Kier molecular flexibility index (Phi) is 6.37. The molecule has 1 aromatic heterocycles. The van der Waals surface area contributed by atoms with E-state index in [9.17, 15) is 26.4 Å². The van der Waals surface area contributed by atoms with Gasteiger partial charge in [0.05, 0.1) is 6.54 Å². The van der Waals surface area contributed by atoms with Crippen LogP contribution in [0, 0.1) is 0 Å². The highest BCUT2D eigenvalue weighted by atomic mass is 32.2. The van der Waals surface area contributed by atoms with E-state index in [-0.39, 0.29) is 33.0 Å². The third-order valence-corrected chi connectivity index (χ3v) is 8.26. The molecule has 0 unspecified atom stereocenters. The quantitative estimate of drug-likeness (QED) is 0.674. The maximum absolute atomic E-state index is 12.5. The molecule has 0 spiro atoms. The van der Waals surface area contributed by atoms with Crippen LogP contribution in [-0.4, -0.2) is 37.2 Å². The van der Waals surface area contributed by atoms with Gasteiger partial charge in [-0.2, -0.15) is 17.5 Å². The lowest BCUT2D eigenvalue weighted by Crippen LogP contribution is -2.27. The first kappa shape index (κ1) is 21.2. The van der Waals surface area contributed by atoms with Gasteiger partial charge in [0.15, 0.2) is 0 Å². The maximum Gasteiger partial charge on any atom is 0.446 e. The van der Waals surface area contributed by atoms with Gasteiger partial charge in [-0.15, -0.1) is 11.3 Å². The summed E-state index contributed by atoms with van der Waals surface area (Å²) in [6.45, 7) is 1.18. The van der Waals surface area contributed by atoms with Gasteiger partial charge in [-0.25, -0.2) is 8.42 Å². The summed E-state index contributed by atoms with van der Waals surface area (Å²) in [5.74, 6) is -0.444. The third kappa shape index (κ3) is 5.28. The van der Waals surface area contributed by atoms with E-state index in [1.807, 2.05) is 0 Å². The third-order valence-electron chi connectivity index (χ3n) is 4.07. The topological polar surface area (TPSA) is 66.5 Å². The second-order valence-corrected chi connectivity index (χ2v) is 10.6. The highest BCUT2D eigenvalue weighted by Gasteiger charge is 2.29. The summed E-state index contributed by atoms with van der Waals surface area (Å²) in [4.78, 5) is 12.8. The van der Waals surface area contributed by atoms with Crippen molar-refractivity contribution in [3.05, 3.63) is 46.8 Å². The molecule has 0 aliphatic carbocycles. The summed E-state index contributed by atoms with van der Waals surface area (Å²) in [7, 11) is -3.48. The van der Waals surface area contributed by atoms with Crippen LogP contribution in [0.2, 0.25) is 0 Å². The van der Waals surface area contributed by atoms with Crippen molar-refractivity contribution in [2.45, 2.75) is 34.0 Å². The van der Waals surface area contributed by atoms with Gasteiger partial charge in [-0.3, -0.25) is 4.79 Å². The molecule has 2 aromatic rings. The molecule has 1 aliphatic heterocycles. The second-order valence-electron chi connectivity index (χ2n) is 6.09. The van der Waals surface area contributed by atoms with Crippen molar-refractivity contribution >= 4 is 39.0 Å². The van der Waals surface area contributed by atoms with Gasteiger partial charge < -0.3 is 5.32 Å². The van der Waals surface area contributed by atoms with Crippen molar-refractivity contribution in [2.24, 2.45) is 0 Å². The molecule has 5 nitrogen and oxygen atoms in total. The molecule has 1 aromatic carbocycles. The van der Waals surface area contributed by atoms with E-state index in [0.717, 1.165) is 24.2 Å². The number of thiophene rings is 1. The van der Waals surface area contributed by atoms with E-state index in [0.29, 0.717) is 18.0 Å². The molecular formula is C17H17F3N2O3S3. The SMILES string of the molecule is O=C(NCc1ccc(S(=O)(=O)N2CCCC2)s1)c1ccc(SC(F)(F)F)cc1. The molecule has 0 radical (unpaired) electrons. The molecule has 28 heavy (non-hydrogen) atoms. The van der Waals surface area contributed by atoms with Gasteiger partial charge in [0.2, 0.25) is 0 Å². The number of nitrogens with one attached hydrogen (secondary N) is 1. The van der Waals surface area contributed by atoms with Crippen LogP contribution < -0.4 is 5.32 Å². The van der Waals surface area contributed by atoms with Crippen molar-refractivity contribution in [3.63, 3.8) is 0 Å². The minimum atomic E-state index is -4.38. The van der Waals surface area contributed by atoms with Gasteiger partial charge >= 0.3 is 5.51 Å². The first-order valence-corrected chi connectivity index (χ1v) is 11.5. The zero-order chi connectivity index (χ0) is 20.4. The maximum atomic E-state index is 12.5. The standard InChI is InChI=1S/C17H17F3N2O3S3/c18-17(19,20)27-13-5-3-12(4-6-13)16(23)21-11-14-7-8-15(26-14)28(24,25)22-9-1-2-10-22/h3-8H,1-2,9-11H2,(H,21,23). The van der Waals surface area contributed by atoms with Crippen LogP contribution in [-0.2, 0) is 16.6 Å². The average Bonchev–Trinajstić information content (AvgIpc) is 3.31. The van der Waals surface area contributed by atoms with E-state index in [4.69, 9.17) is 0 Å². The van der Waals surface area contributed by atoms with Crippen LogP contribution in [0.15, 0.2) is 45.5 Å². The lowest BCUT2D eigenvalue weighted by Gasteiger charge is -2.13. The van der Waals surface area contributed by atoms with Gasteiger partial charge in [0, 0.05) is 28.4 Å². The summed E-state index contributed by atoms with van der Waals surface area (Å²) < 4.78 is 63.7. The number of thioether (sulfide) groups is 1. The summed E-state index contributed by atoms with van der Waals surface area (Å²) in [5, 5.41) is 2.65. The number of alkyl halides is 3. The summed E-state index contributed by atoms with van der Waals surface area (Å²) in [5.41, 5.74) is -4.15. The number of benzene rings is 1. The summed E-state index contributed by atoms with van der Waals surface area (Å²) in [6.07, 6.45) is 1.71. The van der Waals surface area contributed by atoms with Crippen LogP contribution in [0.1, 0.15) is 28.1 Å². The molecule has 1 amide bonds. The van der Waals surface area contributed by atoms with Crippen molar-refractivity contribution < 1.29 is 26.4 Å². The fourth-order valence-corrected chi connectivity index (χ4v) is 6.23. The molecular weight excluding hydrogens is 433 g/mol. The Bertz CT molecular complexity index is 935. The fourth-order valence-electron chi connectivity index (χ4n) is 2.73. The van der Waals surface area contributed by atoms with E-state index < -0.39 is 21.4 Å². The number of carbonyl (C=O) groups is 1. The molecule has 3 rings (SSSR count). The molecule has 152 valence electrons. The normalized spacial score (nSPS) is 15.7. The number of carbonyl (C=O) groups excluding carboxylic acids is 1. The second kappa shape index (κ2) is 8.44. The van der Waals surface area contributed by atoms with E-state index in [1.165, 1.54) is 34.6 Å². The van der Waals surface area contributed by atoms with Crippen molar-refractivity contribution in [1.29, 1.82) is 0 Å². The zero-order valence-corrected chi connectivity index (χ0v) is 17.0. The van der Waals surface area contributed by atoms with Crippen LogP contribution >= 0.6 is 23.1 Å². The van der Waals surface area contributed by atoms with Crippen LogP contribution in [0.3, 0.4) is 0 Å². The number of hydrogen-bond acceptors (Lipinski definition) is 5. The predicted molar refractivity (Wildman–Crippen MR) is 102 cm³/mol. The summed E-state index contributed by atoms with van der Waals surface area (Å²) >= 11 is 0.856. The number of halogens is 3. The van der Waals surface area contributed by atoms with Crippen LogP contribution in [0.25, 0.3) is 0 Å². The lowest BCUT2D eigenvalue weighted by molar-refractivity contribution is -0.0328. The van der Waals surface area contributed by atoms with Crippen molar-refractivity contribution in [2.75, 3.05) is 13.1 Å². The minimum absolute atomic E-state index is 0.000863. The first-order chi connectivity index (χ1) is 13.1. The first-order valence-electron chi connectivity index (χ1n) is 8.38. The highest BCUT2D eigenvalue weighted by molar-refractivity contribution is 8.00. The molecule has 0 bridgehead atoms. The molecule has 11 heteroatoms. The van der Waals surface area contributed by atoms with Crippen LogP contribution in [0.5, 0.6) is 0 Å². The zero-order valence-electron chi connectivity index (χ0n) is 14.5. The average molecular weight is 451 g/mol. The lowest BCUT2D eigenvalue weighted by atomic mass is 10.2. The molecule has 1 saturated heterocycles. The fraction of sp³-hybridized carbons (Fsp3) is 0.353. The van der Waals surface area contributed by atoms with Gasteiger partial charge in [-0.05, 0) is 61.0 Å². The van der Waals surface area contributed by atoms with Crippen LogP contribution in [0.4, 0.5) is 13.2 Å². The highest BCUT2D eigenvalue weighted by Crippen LogP contribution is 2.36. The van der Waals surface area contributed by atoms with E-state index in [2.05, 4.69) is 5.32 Å². The largest absolute Gasteiger partial charge is 0.446 e. The number of rotatable bonds is 6. The number of hydrogen-bond donors (Lipinski definition) is 1. The molecule has 1 aliphatic rings. The Hall–Kier alpha value is -1.56. The number of sulfonamides is 1. The Labute approximate surface area is 169 Å². The number of amides is 1. The molecule has 1 N–H and O–H groups in total. The Morgan fingerprint density at radius 2 is 1.75 bits per heavy atom. The monoisotopic (exact) mass is 450 g/mol. The van der Waals surface area contributed by atoms with Gasteiger partial charge in [-0.1, -0.05) is 0 Å².